The van der Waals surface area contributed by atoms with Crippen LogP contribution in [0, 0.1) is 0 Å². The fourth-order valence-corrected chi connectivity index (χ4v) is 7.50. The van der Waals surface area contributed by atoms with Crippen LogP contribution in [0.3, 0.4) is 0 Å². The van der Waals surface area contributed by atoms with E-state index in [0.717, 1.165) is 11.5 Å². The van der Waals surface area contributed by atoms with Gasteiger partial charge in [0.2, 0.25) is 0 Å². The standard InChI is InChI=1S/C39H23N3/c1-2-12-25(13-3-1)41-30-18-7-6-16-29(30)36-32(41)23-33-39-37(36)28-15-5-4-14-26(28)27-17-10-11-24-20-21-31(38(39)35(24)27)42(33)34-19-8-9-22-40-34/h1-23H. The van der Waals surface area contributed by atoms with E-state index in [1.807, 2.05) is 12.3 Å². The number of rotatable bonds is 2. The SMILES string of the molecule is c1ccc(-n2c3ccccc3c3c4c5c6c7c(cccc7ccc6n(-c6ccccn6)c5cc32)-c2ccccc2-4)cc1. The number of benzene rings is 6. The first kappa shape index (κ1) is 22.1. The van der Waals surface area contributed by atoms with Crippen molar-refractivity contribution in [3.63, 3.8) is 0 Å². The second-order valence-corrected chi connectivity index (χ2v) is 11.2. The second kappa shape index (κ2) is 7.96. The molecule has 0 atom stereocenters. The third-order valence-electron chi connectivity index (χ3n) is 9.08. The number of aromatic nitrogens is 3. The number of hydrogen-bond acceptors (Lipinski definition) is 1. The number of fused-ring (bicyclic) bond motifs is 7. The quantitative estimate of drug-likeness (QED) is 0.217. The third-order valence-corrected chi connectivity index (χ3v) is 9.08. The Morgan fingerprint density at radius 3 is 2.07 bits per heavy atom. The Morgan fingerprint density at radius 1 is 0.429 bits per heavy atom. The Bertz CT molecular complexity index is 2550. The number of hydrogen-bond donors (Lipinski definition) is 0. The van der Waals surface area contributed by atoms with Crippen molar-refractivity contribution in [2.24, 2.45) is 0 Å². The molecule has 9 aromatic rings. The van der Waals surface area contributed by atoms with Crippen LogP contribution in [0.5, 0.6) is 0 Å². The minimum atomic E-state index is 0.927. The van der Waals surface area contributed by atoms with Crippen LogP contribution < -0.4 is 0 Å². The van der Waals surface area contributed by atoms with Gasteiger partial charge in [-0.2, -0.15) is 0 Å². The Labute approximate surface area is 241 Å². The van der Waals surface area contributed by atoms with Gasteiger partial charge >= 0.3 is 0 Å². The largest absolute Gasteiger partial charge is 0.309 e. The van der Waals surface area contributed by atoms with Crippen molar-refractivity contribution in [1.82, 2.24) is 14.1 Å². The van der Waals surface area contributed by atoms with Gasteiger partial charge in [-0.05, 0) is 69.9 Å². The number of nitrogens with zero attached hydrogens (tertiary/aromatic N) is 3. The minimum absolute atomic E-state index is 0.927. The monoisotopic (exact) mass is 533 g/mol. The van der Waals surface area contributed by atoms with Crippen molar-refractivity contribution in [3.05, 3.63) is 140 Å². The van der Waals surface area contributed by atoms with Gasteiger partial charge in [0.15, 0.2) is 0 Å². The summed E-state index contributed by atoms with van der Waals surface area (Å²) in [5, 5.41) is 7.72. The zero-order chi connectivity index (χ0) is 27.4. The van der Waals surface area contributed by atoms with E-state index in [2.05, 4.69) is 137 Å². The maximum absolute atomic E-state index is 4.88. The molecule has 194 valence electrons. The van der Waals surface area contributed by atoms with Gasteiger partial charge < -0.3 is 4.57 Å². The molecule has 0 aliphatic heterocycles. The smallest absolute Gasteiger partial charge is 0.137 e. The lowest BCUT2D eigenvalue weighted by atomic mass is 9.91. The van der Waals surface area contributed by atoms with Crippen LogP contribution in [0.2, 0.25) is 0 Å². The molecule has 0 amide bonds. The fourth-order valence-electron chi connectivity index (χ4n) is 7.50. The molecule has 3 heteroatoms. The molecule has 0 unspecified atom stereocenters. The van der Waals surface area contributed by atoms with Gasteiger partial charge in [-0.25, -0.2) is 4.98 Å². The van der Waals surface area contributed by atoms with Gasteiger partial charge in [0.05, 0.1) is 22.1 Å². The topological polar surface area (TPSA) is 22.8 Å². The molecular formula is C39H23N3. The summed E-state index contributed by atoms with van der Waals surface area (Å²) >= 11 is 0. The third kappa shape index (κ3) is 2.68. The average molecular weight is 534 g/mol. The van der Waals surface area contributed by atoms with Crippen LogP contribution >= 0.6 is 0 Å². The molecule has 0 N–H and O–H groups in total. The Hall–Kier alpha value is -5.67. The van der Waals surface area contributed by atoms with Crippen molar-refractivity contribution in [1.29, 1.82) is 0 Å². The number of para-hydroxylation sites is 2. The van der Waals surface area contributed by atoms with Crippen LogP contribution in [0.15, 0.2) is 140 Å². The van der Waals surface area contributed by atoms with Crippen molar-refractivity contribution in [2.45, 2.75) is 0 Å². The van der Waals surface area contributed by atoms with E-state index < -0.39 is 0 Å². The summed E-state index contributed by atoms with van der Waals surface area (Å²) in [5.41, 5.74) is 11.0. The molecule has 0 radical (unpaired) electrons. The number of pyridine rings is 1. The second-order valence-electron chi connectivity index (χ2n) is 11.2. The zero-order valence-electron chi connectivity index (χ0n) is 22.6. The maximum atomic E-state index is 4.88. The van der Waals surface area contributed by atoms with Gasteiger partial charge in [-0.3, -0.25) is 4.57 Å². The van der Waals surface area contributed by atoms with Gasteiger partial charge in [-0.15, -0.1) is 0 Å². The van der Waals surface area contributed by atoms with E-state index in [0.29, 0.717) is 0 Å². The van der Waals surface area contributed by atoms with Crippen molar-refractivity contribution >= 4 is 54.4 Å². The maximum Gasteiger partial charge on any atom is 0.137 e. The summed E-state index contributed by atoms with van der Waals surface area (Å²) in [6.45, 7) is 0. The molecule has 1 aliphatic rings. The molecule has 0 saturated carbocycles. The first-order valence-electron chi connectivity index (χ1n) is 14.4. The highest BCUT2D eigenvalue weighted by Crippen LogP contribution is 2.53. The lowest BCUT2D eigenvalue weighted by Crippen LogP contribution is -1.98. The van der Waals surface area contributed by atoms with Crippen molar-refractivity contribution in [3.8, 4) is 33.8 Å². The van der Waals surface area contributed by atoms with Crippen LogP contribution in [0.4, 0.5) is 0 Å². The zero-order valence-corrected chi connectivity index (χ0v) is 22.6. The van der Waals surface area contributed by atoms with Gasteiger partial charge in [0.25, 0.3) is 0 Å². The molecule has 0 bridgehead atoms. The summed E-state index contributed by atoms with van der Waals surface area (Å²) in [6.07, 6.45) is 1.89. The van der Waals surface area contributed by atoms with E-state index in [9.17, 15) is 0 Å². The van der Waals surface area contributed by atoms with Crippen LogP contribution in [-0.4, -0.2) is 14.1 Å². The molecule has 42 heavy (non-hydrogen) atoms. The lowest BCUT2D eigenvalue weighted by molar-refractivity contribution is 1.08. The summed E-state index contributed by atoms with van der Waals surface area (Å²) in [5.74, 6) is 0.927. The van der Waals surface area contributed by atoms with Crippen LogP contribution in [0.1, 0.15) is 0 Å². The normalized spacial score (nSPS) is 12.3. The molecule has 0 spiro atoms. The predicted molar refractivity (Wildman–Crippen MR) is 175 cm³/mol. The molecule has 3 aromatic heterocycles. The van der Waals surface area contributed by atoms with Crippen molar-refractivity contribution < 1.29 is 0 Å². The van der Waals surface area contributed by atoms with Gasteiger partial charge in [0.1, 0.15) is 5.82 Å². The molecule has 10 rings (SSSR count). The molecule has 3 heterocycles. The van der Waals surface area contributed by atoms with E-state index in [4.69, 9.17) is 4.98 Å². The molecule has 6 aromatic carbocycles. The minimum Gasteiger partial charge on any atom is -0.309 e. The van der Waals surface area contributed by atoms with Gasteiger partial charge in [0, 0.05) is 39.0 Å². The highest BCUT2D eigenvalue weighted by molar-refractivity contribution is 6.36. The Balaban J connectivity index is 1.57. The van der Waals surface area contributed by atoms with Crippen LogP contribution in [0.25, 0.3) is 88.1 Å². The fraction of sp³-hybridized carbons (Fsp3) is 0. The molecule has 3 nitrogen and oxygen atoms in total. The summed E-state index contributed by atoms with van der Waals surface area (Å²) < 4.78 is 4.79. The Morgan fingerprint density at radius 2 is 1.19 bits per heavy atom. The van der Waals surface area contributed by atoms with E-state index in [-0.39, 0.29) is 0 Å². The van der Waals surface area contributed by atoms with Gasteiger partial charge in [-0.1, -0.05) is 91.0 Å². The molecule has 0 saturated heterocycles. The summed E-state index contributed by atoms with van der Waals surface area (Å²) in [6, 6.07) is 48.4. The Kier molecular flexibility index (Phi) is 4.18. The van der Waals surface area contributed by atoms with Crippen molar-refractivity contribution in [2.75, 3.05) is 0 Å². The van der Waals surface area contributed by atoms with E-state index >= 15 is 0 Å². The van der Waals surface area contributed by atoms with Crippen LogP contribution in [-0.2, 0) is 0 Å². The average Bonchev–Trinajstić information content (AvgIpc) is 3.52. The van der Waals surface area contributed by atoms with E-state index in [1.165, 1.54) is 76.6 Å². The van der Waals surface area contributed by atoms with E-state index in [1.54, 1.807) is 0 Å². The molecule has 1 aliphatic carbocycles. The lowest BCUT2D eigenvalue weighted by Gasteiger charge is -2.15. The summed E-state index contributed by atoms with van der Waals surface area (Å²) in [4.78, 5) is 4.88. The first-order valence-corrected chi connectivity index (χ1v) is 14.4. The molecule has 0 fully saturated rings. The highest BCUT2D eigenvalue weighted by atomic mass is 15.1. The molecular weight excluding hydrogens is 510 g/mol. The highest BCUT2D eigenvalue weighted by Gasteiger charge is 2.29. The predicted octanol–water partition coefficient (Wildman–Crippen LogP) is 10.1. The summed E-state index contributed by atoms with van der Waals surface area (Å²) in [7, 11) is 0. The first-order chi connectivity index (χ1) is 20.9.